The lowest BCUT2D eigenvalue weighted by atomic mass is 9.72. The fraction of sp³-hybridized carbons (Fsp3) is 0.474. The normalized spacial score (nSPS) is 22.0. The molecule has 1 aliphatic rings. The van der Waals surface area contributed by atoms with E-state index in [9.17, 15) is 10.2 Å². The average Bonchev–Trinajstić information content (AvgIpc) is 2.37. The van der Waals surface area contributed by atoms with E-state index in [4.69, 9.17) is 0 Å². The Bertz CT molecular complexity index is 569. The molecule has 0 saturated carbocycles. The lowest BCUT2D eigenvalue weighted by molar-refractivity contribution is 0.423. The first-order chi connectivity index (χ1) is 9.93. The summed E-state index contributed by atoms with van der Waals surface area (Å²) >= 11 is 0. The van der Waals surface area contributed by atoms with Gasteiger partial charge >= 0.3 is 0 Å². The minimum atomic E-state index is 0.142. The predicted molar refractivity (Wildman–Crippen MR) is 87.8 cm³/mol. The fourth-order valence-corrected chi connectivity index (χ4v) is 3.45. The van der Waals surface area contributed by atoms with E-state index in [-0.39, 0.29) is 17.4 Å². The number of rotatable bonds is 4. The van der Waals surface area contributed by atoms with Crippen LogP contribution in [0.2, 0.25) is 0 Å². The summed E-state index contributed by atoms with van der Waals surface area (Å²) in [5, 5.41) is 20.2. The van der Waals surface area contributed by atoms with Gasteiger partial charge in [0.2, 0.25) is 0 Å². The second-order valence-electron chi connectivity index (χ2n) is 6.32. The summed E-state index contributed by atoms with van der Waals surface area (Å²) in [4.78, 5) is 0. The summed E-state index contributed by atoms with van der Waals surface area (Å²) in [6.45, 7) is 10.5. The number of benzene rings is 1. The van der Waals surface area contributed by atoms with Gasteiger partial charge in [0.1, 0.15) is 11.5 Å². The summed E-state index contributed by atoms with van der Waals surface area (Å²) < 4.78 is 0. The van der Waals surface area contributed by atoms with Crippen molar-refractivity contribution in [2.24, 2.45) is 5.92 Å². The third-order valence-electron chi connectivity index (χ3n) is 4.46. The molecule has 1 aromatic carbocycles. The minimum absolute atomic E-state index is 0.142. The molecule has 0 radical (unpaired) electrons. The molecule has 1 aliphatic carbocycles. The molecule has 2 unspecified atom stereocenters. The van der Waals surface area contributed by atoms with E-state index in [0.29, 0.717) is 5.92 Å². The van der Waals surface area contributed by atoms with Crippen LogP contribution >= 0.6 is 0 Å². The number of phenols is 2. The smallest absolute Gasteiger partial charge is 0.123 e. The van der Waals surface area contributed by atoms with Crippen LogP contribution in [0.3, 0.4) is 0 Å². The van der Waals surface area contributed by atoms with Gasteiger partial charge in [-0.15, -0.1) is 0 Å². The largest absolute Gasteiger partial charge is 0.508 e. The number of phenolic OH excluding ortho intramolecular Hbond substituents is 2. The van der Waals surface area contributed by atoms with Crippen LogP contribution in [0.1, 0.15) is 57.1 Å². The third kappa shape index (κ3) is 3.31. The topological polar surface area (TPSA) is 40.5 Å². The van der Waals surface area contributed by atoms with E-state index >= 15 is 0 Å². The van der Waals surface area contributed by atoms with Crippen molar-refractivity contribution in [1.82, 2.24) is 0 Å². The van der Waals surface area contributed by atoms with Crippen LogP contribution in [0, 0.1) is 5.92 Å². The fourth-order valence-electron chi connectivity index (χ4n) is 3.45. The van der Waals surface area contributed by atoms with Crippen molar-refractivity contribution in [2.75, 3.05) is 0 Å². The summed E-state index contributed by atoms with van der Waals surface area (Å²) in [5.74, 6) is 0.877. The molecule has 2 rings (SSSR count). The standard InChI is InChI=1S/C19H26O2/c1-5-6-14-10-15(20)11-18(21)19(14)17-9-13(4)7-8-16(17)12(2)3/h9-11,16-17,20-21H,2,5-8H2,1,3-4H3. The monoisotopic (exact) mass is 286 g/mol. The van der Waals surface area contributed by atoms with Gasteiger partial charge in [0.25, 0.3) is 0 Å². The highest BCUT2D eigenvalue weighted by Crippen LogP contribution is 2.45. The van der Waals surface area contributed by atoms with Gasteiger partial charge < -0.3 is 10.2 Å². The Morgan fingerprint density at radius 3 is 2.67 bits per heavy atom. The van der Waals surface area contributed by atoms with Gasteiger partial charge in [0, 0.05) is 17.5 Å². The van der Waals surface area contributed by atoms with Crippen LogP contribution in [-0.4, -0.2) is 10.2 Å². The van der Waals surface area contributed by atoms with Gasteiger partial charge in [-0.1, -0.05) is 37.1 Å². The number of aryl methyl sites for hydroxylation is 1. The summed E-state index contributed by atoms with van der Waals surface area (Å²) in [7, 11) is 0. The first-order valence-corrected chi connectivity index (χ1v) is 7.81. The van der Waals surface area contributed by atoms with Gasteiger partial charge in [-0.05, 0) is 50.7 Å². The van der Waals surface area contributed by atoms with Crippen molar-refractivity contribution in [3.63, 3.8) is 0 Å². The molecule has 0 spiro atoms. The molecule has 2 atom stereocenters. The van der Waals surface area contributed by atoms with Crippen molar-refractivity contribution in [1.29, 1.82) is 0 Å². The quantitative estimate of drug-likeness (QED) is 0.759. The van der Waals surface area contributed by atoms with Crippen molar-refractivity contribution in [3.05, 3.63) is 47.1 Å². The molecule has 0 saturated heterocycles. The second-order valence-corrected chi connectivity index (χ2v) is 6.32. The molecule has 0 bridgehead atoms. The number of hydrogen-bond donors (Lipinski definition) is 2. The lowest BCUT2D eigenvalue weighted by Gasteiger charge is -2.32. The number of aromatic hydroxyl groups is 2. The van der Waals surface area contributed by atoms with E-state index in [1.807, 2.05) is 0 Å². The number of allylic oxidation sites excluding steroid dienone is 3. The molecular formula is C19H26O2. The zero-order valence-electron chi connectivity index (χ0n) is 13.3. The zero-order valence-corrected chi connectivity index (χ0v) is 13.3. The molecule has 2 nitrogen and oxygen atoms in total. The molecule has 114 valence electrons. The molecule has 0 aliphatic heterocycles. The molecule has 0 heterocycles. The van der Waals surface area contributed by atoms with Gasteiger partial charge in [-0.25, -0.2) is 0 Å². The van der Waals surface area contributed by atoms with Crippen LogP contribution < -0.4 is 0 Å². The first-order valence-electron chi connectivity index (χ1n) is 7.81. The molecular weight excluding hydrogens is 260 g/mol. The van der Waals surface area contributed by atoms with Gasteiger partial charge in [-0.3, -0.25) is 0 Å². The Balaban J connectivity index is 2.56. The van der Waals surface area contributed by atoms with Gasteiger partial charge in [0.15, 0.2) is 0 Å². The van der Waals surface area contributed by atoms with Crippen LogP contribution in [-0.2, 0) is 6.42 Å². The molecule has 0 amide bonds. The van der Waals surface area contributed by atoms with E-state index < -0.39 is 0 Å². The Morgan fingerprint density at radius 2 is 2.05 bits per heavy atom. The average molecular weight is 286 g/mol. The molecule has 0 aromatic heterocycles. The van der Waals surface area contributed by atoms with Crippen LogP contribution in [0.25, 0.3) is 0 Å². The summed E-state index contributed by atoms with van der Waals surface area (Å²) in [5.41, 5.74) is 4.56. The van der Waals surface area contributed by atoms with E-state index in [2.05, 4.69) is 33.4 Å². The van der Waals surface area contributed by atoms with E-state index in [1.165, 1.54) is 17.2 Å². The van der Waals surface area contributed by atoms with Crippen molar-refractivity contribution < 1.29 is 10.2 Å². The van der Waals surface area contributed by atoms with E-state index in [1.54, 1.807) is 6.07 Å². The zero-order chi connectivity index (χ0) is 15.6. The maximum atomic E-state index is 10.4. The Kier molecular flexibility index (Phi) is 4.76. The highest BCUT2D eigenvalue weighted by atomic mass is 16.3. The first kappa shape index (κ1) is 15.7. The van der Waals surface area contributed by atoms with Crippen molar-refractivity contribution >= 4 is 0 Å². The Labute approximate surface area is 127 Å². The lowest BCUT2D eigenvalue weighted by Crippen LogP contribution is -2.18. The minimum Gasteiger partial charge on any atom is -0.508 e. The molecule has 1 aromatic rings. The van der Waals surface area contributed by atoms with Crippen LogP contribution in [0.5, 0.6) is 11.5 Å². The Hall–Kier alpha value is -1.70. The summed E-state index contributed by atoms with van der Waals surface area (Å²) in [6, 6.07) is 3.26. The molecule has 2 N–H and O–H groups in total. The molecule has 0 fully saturated rings. The third-order valence-corrected chi connectivity index (χ3v) is 4.46. The molecule has 21 heavy (non-hydrogen) atoms. The molecule has 2 heteroatoms. The maximum absolute atomic E-state index is 10.4. The predicted octanol–water partition coefficient (Wildman–Crippen LogP) is 5.07. The van der Waals surface area contributed by atoms with Crippen LogP contribution in [0.15, 0.2) is 35.9 Å². The highest BCUT2D eigenvalue weighted by molar-refractivity contribution is 5.50. The highest BCUT2D eigenvalue weighted by Gasteiger charge is 2.29. The Morgan fingerprint density at radius 1 is 1.33 bits per heavy atom. The van der Waals surface area contributed by atoms with Crippen molar-refractivity contribution in [2.45, 2.75) is 52.4 Å². The van der Waals surface area contributed by atoms with Gasteiger partial charge in [0.05, 0.1) is 0 Å². The second kappa shape index (κ2) is 6.38. The van der Waals surface area contributed by atoms with Gasteiger partial charge in [-0.2, -0.15) is 0 Å². The van der Waals surface area contributed by atoms with E-state index in [0.717, 1.165) is 36.8 Å². The number of hydrogen-bond acceptors (Lipinski definition) is 2. The van der Waals surface area contributed by atoms with Crippen LogP contribution in [0.4, 0.5) is 0 Å². The summed E-state index contributed by atoms with van der Waals surface area (Å²) in [6.07, 6.45) is 6.30. The van der Waals surface area contributed by atoms with Crippen molar-refractivity contribution in [3.8, 4) is 11.5 Å². The SMILES string of the molecule is C=C(C)C1CCC(C)=CC1c1c(O)cc(O)cc1CCC. The maximum Gasteiger partial charge on any atom is 0.123 e.